The molecule has 0 amide bonds. The highest BCUT2D eigenvalue weighted by Crippen LogP contribution is 2.13. The van der Waals surface area contributed by atoms with Gasteiger partial charge < -0.3 is 24.0 Å². The summed E-state index contributed by atoms with van der Waals surface area (Å²) < 4.78 is 2.76. The molecule has 14 heavy (non-hydrogen) atoms. The van der Waals surface area contributed by atoms with E-state index in [1.807, 2.05) is 0 Å². The Morgan fingerprint density at radius 2 is 1.79 bits per heavy atom. The zero-order chi connectivity index (χ0) is 9.26. The maximum atomic E-state index is 2.42. The van der Waals surface area contributed by atoms with Gasteiger partial charge in [0.25, 0.3) is 0 Å². The van der Waals surface area contributed by atoms with E-state index < -0.39 is 0 Å². The van der Waals surface area contributed by atoms with Crippen molar-refractivity contribution in [3.05, 3.63) is 42.6 Å². The van der Waals surface area contributed by atoms with Gasteiger partial charge in [0.05, 0.1) is 0 Å². The molecule has 1 unspecified atom stereocenters. The van der Waals surface area contributed by atoms with Crippen molar-refractivity contribution in [3.63, 3.8) is 0 Å². The van der Waals surface area contributed by atoms with Crippen LogP contribution in [0.1, 0.15) is 11.0 Å². The van der Waals surface area contributed by atoms with E-state index in [1.165, 1.54) is 10.9 Å². The molecular formula is C11H11I2N. The van der Waals surface area contributed by atoms with Crippen LogP contribution in [-0.2, 0) is 0 Å². The molecule has 0 radical (unpaired) electrons. The van der Waals surface area contributed by atoms with Crippen LogP contribution in [0.4, 0.5) is 0 Å². The van der Waals surface area contributed by atoms with Gasteiger partial charge >= 0.3 is 0 Å². The number of para-hydroxylation sites is 1. The van der Waals surface area contributed by atoms with Gasteiger partial charge in [-0.1, -0.05) is 12.1 Å². The quantitative estimate of drug-likeness (QED) is 0.356. The van der Waals surface area contributed by atoms with Gasteiger partial charge in [0.2, 0.25) is 9.57 Å². The number of nitrogens with zero attached hydrogens (tertiary/aromatic N) is 1. The molecule has 0 saturated heterocycles. The summed E-state index contributed by atoms with van der Waals surface area (Å²) in [7, 11) is 0. The van der Waals surface area contributed by atoms with Crippen LogP contribution in [-0.4, -0.2) is 0 Å². The molecule has 1 nitrogen and oxygen atoms in total. The molecule has 2 aromatic rings. The molecular weight excluding hydrogens is 400 g/mol. The number of halogens is 2. The van der Waals surface area contributed by atoms with Crippen LogP contribution in [0.5, 0.6) is 0 Å². The fourth-order valence-corrected chi connectivity index (χ4v) is 1.98. The smallest absolute Gasteiger partial charge is 0.213 e. The number of hydrogen-bond acceptors (Lipinski definition) is 0. The van der Waals surface area contributed by atoms with Gasteiger partial charge in [0.15, 0.2) is 6.20 Å². The van der Waals surface area contributed by atoms with E-state index in [-0.39, 0.29) is 24.0 Å². The van der Waals surface area contributed by atoms with Crippen LogP contribution in [0.15, 0.2) is 42.6 Å². The molecule has 0 spiro atoms. The molecule has 0 aliphatic rings. The normalized spacial score (nSPS) is 12.1. The lowest BCUT2D eigenvalue weighted by Crippen LogP contribution is -3.00. The van der Waals surface area contributed by atoms with Gasteiger partial charge in [0.1, 0.15) is 0 Å². The monoisotopic (exact) mass is 411 g/mol. The Balaban J connectivity index is 0.000000980. The van der Waals surface area contributed by atoms with E-state index in [4.69, 9.17) is 0 Å². The third-order valence-electron chi connectivity index (χ3n) is 2.12. The molecule has 1 heterocycles. The minimum Gasteiger partial charge on any atom is -1.00 e. The average molecular weight is 411 g/mol. The van der Waals surface area contributed by atoms with Crippen molar-refractivity contribution in [1.82, 2.24) is 0 Å². The molecule has 74 valence electrons. The summed E-state index contributed by atoms with van der Waals surface area (Å²) in [6, 6.07) is 12.7. The van der Waals surface area contributed by atoms with Gasteiger partial charge in [-0.05, 0) is 34.7 Å². The molecule has 2 rings (SSSR count). The molecule has 1 aromatic carbocycles. The standard InChI is InChI=1S/C11H11IN.HI/c1-9(12)13-8-4-6-10-5-2-3-7-11(10)13;/h2-9H,1H3;1H/q+1;/p-1. The second kappa shape index (κ2) is 5.25. The van der Waals surface area contributed by atoms with Crippen molar-refractivity contribution >= 4 is 33.5 Å². The zero-order valence-corrected chi connectivity index (χ0v) is 12.1. The fourth-order valence-electron chi connectivity index (χ4n) is 1.49. The summed E-state index contributed by atoms with van der Waals surface area (Å²) in [5.74, 6) is 0. The van der Waals surface area contributed by atoms with Crippen molar-refractivity contribution in [2.75, 3.05) is 0 Å². The Bertz CT molecular complexity index is 421. The predicted molar refractivity (Wildman–Crippen MR) is 62.9 cm³/mol. The first-order valence-corrected chi connectivity index (χ1v) is 5.56. The highest BCUT2D eigenvalue weighted by Gasteiger charge is 2.11. The van der Waals surface area contributed by atoms with E-state index in [2.05, 4.69) is 76.7 Å². The van der Waals surface area contributed by atoms with E-state index >= 15 is 0 Å². The minimum absolute atomic E-state index is 0. The Labute approximate surface area is 115 Å². The van der Waals surface area contributed by atoms with Crippen molar-refractivity contribution in [2.24, 2.45) is 0 Å². The topological polar surface area (TPSA) is 3.88 Å². The lowest BCUT2D eigenvalue weighted by molar-refractivity contribution is -0.665. The van der Waals surface area contributed by atoms with Gasteiger partial charge in [0, 0.05) is 24.4 Å². The number of fused-ring (bicyclic) bond motifs is 1. The minimum atomic E-state index is 0. The van der Waals surface area contributed by atoms with Crippen molar-refractivity contribution < 1.29 is 28.5 Å². The Kier molecular flexibility index (Phi) is 4.56. The van der Waals surface area contributed by atoms with E-state index in [0.29, 0.717) is 4.05 Å². The third kappa shape index (κ3) is 2.36. The lowest BCUT2D eigenvalue weighted by atomic mass is 10.2. The SMILES string of the molecule is CC(I)[n+]1cccc2ccccc21.[I-]. The number of aromatic nitrogens is 1. The Hall–Kier alpha value is 0.0900. The first-order chi connectivity index (χ1) is 6.29. The van der Waals surface area contributed by atoms with Gasteiger partial charge in [-0.2, -0.15) is 4.57 Å². The number of benzene rings is 1. The van der Waals surface area contributed by atoms with Gasteiger partial charge in [-0.3, -0.25) is 0 Å². The number of pyridine rings is 1. The van der Waals surface area contributed by atoms with Crippen LogP contribution in [0.3, 0.4) is 0 Å². The van der Waals surface area contributed by atoms with Gasteiger partial charge in [-0.25, -0.2) is 0 Å². The van der Waals surface area contributed by atoms with Crippen molar-refractivity contribution in [3.8, 4) is 0 Å². The zero-order valence-electron chi connectivity index (χ0n) is 7.82. The molecule has 0 fully saturated rings. The van der Waals surface area contributed by atoms with E-state index in [0.717, 1.165) is 0 Å². The van der Waals surface area contributed by atoms with Gasteiger partial charge in [-0.15, -0.1) is 0 Å². The summed E-state index contributed by atoms with van der Waals surface area (Å²) >= 11 is 2.42. The summed E-state index contributed by atoms with van der Waals surface area (Å²) in [6.07, 6.45) is 2.12. The van der Waals surface area contributed by atoms with Crippen LogP contribution in [0.2, 0.25) is 0 Å². The average Bonchev–Trinajstić information content (AvgIpc) is 2.17. The number of rotatable bonds is 1. The summed E-state index contributed by atoms with van der Waals surface area (Å²) in [5, 5.41) is 1.30. The van der Waals surface area contributed by atoms with Crippen molar-refractivity contribution in [1.29, 1.82) is 0 Å². The highest BCUT2D eigenvalue weighted by molar-refractivity contribution is 14.1. The number of alkyl halides is 1. The fraction of sp³-hybridized carbons (Fsp3) is 0.182. The van der Waals surface area contributed by atoms with E-state index in [9.17, 15) is 0 Å². The summed E-state index contributed by atoms with van der Waals surface area (Å²) in [5.41, 5.74) is 1.30. The Morgan fingerprint density at radius 3 is 2.50 bits per heavy atom. The molecule has 0 N–H and O–H groups in total. The maximum Gasteiger partial charge on any atom is 0.213 e. The second-order valence-electron chi connectivity index (χ2n) is 3.05. The van der Waals surface area contributed by atoms with Crippen LogP contribution in [0, 0.1) is 0 Å². The highest BCUT2D eigenvalue weighted by atomic mass is 127. The first-order valence-electron chi connectivity index (χ1n) is 4.32. The maximum absolute atomic E-state index is 2.42. The van der Waals surface area contributed by atoms with Crippen LogP contribution in [0.25, 0.3) is 10.9 Å². The largest absolute Gasteiger partial charge is 1.00 e. The molecule has 0 aliphatic heterocycles. The summed E-state index contributed by atoms with van der Waals surface area (Å²) in [4.78, 5) is 0. The molecule has 1 atom stereocenters. The first kappa shape index (κ1) is 12.2. The molecule has 0 saturated carbocycles. The molecule has 0 bridgehead atoms. The summed E-state index contributed by atoms with van der Waals surface area (Å²) in [6.45, 7) is 2.19. The molecule has 0 aliphatic carbocycles. The Morgan fingerprint density at radius 1 is 1.14 bits per heavy atom. The number of hydrogen-bond donors (Lipinski definition) is 0. The van der Waals surface area contributed by atoms with Crippen LogP contribution >= 0.6 is 22.6 Å². The predicted octanol–water partition coefficient (Wildman–Crippen LogP) is 0.0848. The van der Waals surface area contributed by atoms with E-state index in [1.54, 1.807) is 0 Å². The lowest BCUT2D eigenvalue weighted by Gasteiger charge is -2.01. The van der Waals surface area contributed by atoms with Crippen LogP contribution < -0.4 is 28.5 Å². The molecule has 1 aromatic heterocycles. The third-order valence-corrected chi connectivity index (χ3v) is 2.72. The second-order valence-corrected chi connectivity index (χ2v) is 4.85. The molecule has 3 heteroatoms. The van der Waals surface area contributed by atoms with Crippen molar-refractivity contribution in [2.45, 2.75) is 11.0 Å².